The summed E-state index contributed by atoms with van der Waals surface area (Å²) in [5.74, 6) is 0. The third kappa shape index (κ3) is 3.61. The van der Waals surface area contributed by atoms with Gasteiger partial charge in [-0.25, -0.2) is 0 Å². The number of rotatable bonds is 3. The molecule has 0 N–H and O–H groups in total. The van der Waals surface area contributed by atoms with Crippen molar-refractivity contribution < 1.29 is 4.79 Å². The molecule has 0 saturated carbocycles. The molecule has 0 aromatic heterocycles. The van der Waals surface area contributed by atoms with Gasteiger partial charge < -0.3 is 0 Å². The molecule has 0 heterocycles. The SMILES string of the molecule is O=C(S/C=C/c1ccccc1)c1ccccc1. The minimum Gasteiger partial charge on any atom is -0.281 e. The van der Waals surface area contributed by atoms with Crippen LogP contribution in [0.5, 0.6) is 0 Å². The summed E-state index contributed by atoms with van der Waals surface area (Å²) in [5.41, 5.74) is 1.83. The molecule has 0 bridgehead atoms. The molecule has 0 amide bonds. The van der Waals surface area contributed by atoms with Gasteiger partial charge in [-0.2, -0.15) is 0 Å². The van der Waals surface area contributed by atoms with Crippen molar-refractivity contribution >= 4 is 23.0 Å². The molecule has 0 saturated heterocycles. The van der Waals surface area contributed by atoms with Crippen molar-refractivity contribution in [3.63, 3.8) is 0 Å². The molecule has 0 aliphatic carbocycles. The van der Waals surface area contributed by atoms with E-state index >= 15 is 0 Å². The third-order valence-electron chi connectivity index (χ3n) is 2.24. The van der Waals surface area contributed by atoms with Crippen LogP contribution in [0.25, 0.3) is 6.08 Å². The van der Waals surface area contributed by atoms with E-state index in [4.69, 9.17) is 0 Å². The van der Waals surface area contributed by atoms with Gasteiger partial charge >= 0.3 is 0 Å². The van der Waals surface area contributed by atoms with Crippen LogP contribution in [0.3, 0.4) is 0 Å². The number of hydrogen-bond donors (Lipinski definition) is 0. The molecule has 0 fully saturated rings. The molecule has 2 aromatic rings. The molecule has 0 spiro atoms. The molecule has 0 aliphatic rings. The average molecular weight is 240 g/mol. The number of thioether (sulfide) groups is 1. The largest absolute Gasteiger partial charge is 0.281 e. The summed E-state index contributed by atoms with van der Waals surface area (Å²) in [5, 5.41) is 1.89. The highest BCUT2D eigenvalue weighted by atomic mass is 32.2. The zero-order valence-corrected chi connectivity index (χ0v) is 10.1. The molecule has 0 unspecified atom stereocenters. The fourth-order valence-electron chi connectivity index (χ4n) is 1.38. The maximum atomic E-state index is 11.7. The Bertz CT molecular complexity index is 503. The van der Waals surface area contributed by atoms with Crippen molar-refractivity contribution in [1.82, 2.24) is 0 Å². The van der Waals surface area contributed by atoms with Crippen molar-refractivity contribution in [2.45, 2.75) is 0 Å². The summed E-state index contributed by atoms with van der Waals surface area (Å²) in [4.78, 5) is 11.7. The number of hydrogen-bond acceptors (Lipinski definition) is 2. The summed E-state index contributed by atoms with van der Waals surface area (Å²) in [6.45, 7) is 0. The Morgan fingerprint density at radius 2 is 1.47 bits per heavy atom. The van der Waals surface area contributed by atoms with E-state index < -0.39 is 0 Å². The van der Waals surface area contributed by atoms with Crippen LogP contribution >= 0.6 is 11.8 Å². The van der Waals surface area contributed by atoms with Gasteiger partial charge in [0, 0.05) is 5.56 Å². The first-order valence-corrected chi connectivity index (χ1v) is 6.22. The van der Waals surface area contributed by atoms with Gasteiger partial charge in [0.2, 0.25) is 5.12 Å². The van der Waals surface area contributed by atoms with Crippen molar-refractivity contribution in [3.05, 3.63) is 77.2 Å². The van der Waals surface area contributed by atoms with Crippen molar-refractivity contribution in [1.29, 1.82) is 0 Å². The Hall–Kier alpha value is -1.80. The Labute approximate surface area is 105 Å². The summed E-state index contributed by atoms with van der Waals surface area (Å²) in [6, 6.07) is 19.2. The molecule has 0 atom stereocenters. The molecule has 2 heteroatoms. The van der Waals surface area contributed by atoms with Crippen molar-refractivity contribution in [2.24, 2.45) is 0 Å². The quantitative estimate of drug-likeness (QED) is 0.798. The second-order valence-corrected chi connectivity index (χ2v) is 4.36. The second kappa shape index (κ2) is 6.06. The molecule has 0 radical (unpaired) electrons. The lowest BCUT2D eigenvalue weighted by atomic mass is 10.2. The molecule has 17 heavy (non-hydrogen) atoms. The summed E-state index contributed by atoms with van der Waals surface area (Å²) in [6.07, 6.45) is 1.94. The smallest absolute Gasteiger partial charge is 0.223 e. The first kappa shape index (κ1) is 11.7. The third-order valence-corrected chi connectivity index (χ3v) is 2.97. The normalized spacial score (nSPS) is 10.6. The Balaban J connectivity index is 1.95. The van der Waals surface area contributed by atoms with E-state index in [-0.39, 0.29) is 5.12 Å². The number of carbonyl (C=O) groups excluding carboxylic acids is 1. The molecule has 0 aliphatic heterocycles. The zero-order valence-electron chi connectivity index (χ0n) is 9.24. The predicted octanol–water partition coefficient (Wildman–Crippen LogP) is 4.23. The van der Waals surface area contributed by atoms with Crippen LogP contribution in [0.2, 0.25) is 0 Å². The predicted molar refractivity (Wildman–Crippen MR) is 73.8 cm³/mol. The second-order valence-electron chi connectivity index (χ2n) is 3.48. The van der Waals surface area contributed by atoms with Gasteiger partial charge in [0.05, 0.1) is 0 Å². The highest BCUT2D eigenvalue weighted by Crippen LogP contribution is 2.14. The van der Waals surface area contributed by atoms with Crippen LogP contribution in [-0.4, -0.2) is 5.12 Å². The van der Waals surface area contributed by atoms with E-state index in [0.29, 0.717) is 0 Å². The maximum Gasteiger partial charge on any atom is 0.223 e. The van der Waals surface area contributed by atoms with E-state index in [1.54, 1.807) is 0 Å². The summed E-state index contributed by atoms with van der Waals surface area (Å²) < 4.78 is 0. The maximum absolute atomic E-state index is 11.7. The fraction of sp³-hybridized carbons (Fsp3) is 0. The van der Waals surface area contributed by atoms with Crippen LogP contribution in [0.4, 0.5) is 0 Å². The average Bonchev–Trinajstić information content (AvgIpc) is 2.41. The van der Waals surface area contributed by atoms with Gasteiger partial charge in [0.25, 0.3) is 0 Å². The van der Waals surface area contributed by atoms with Gasteiger partial charge in [-0.3, -0.25) is 4.79 Å². The molecule has 84 valence electrons. The molecule has 2 aromatic carbocycles. The van der Waals surface area contributed by atoms with E-state index in [2.05, 4.69) is 0 Å². The molecule has 1 nitrogen and oxygen atoms in total. The number of carbonyl (C=O) groups is 1. The monoisotopic (exact) mass is 240 g/mol. The van der Waals surface area contributed by atoms with Crippen LogP contribution in [0, 0.1) is 0 Å². The van der Waals surface area contributed by atoms with E-state index in [1.165, 1.54) is 11.8 Å². The highest BCUT2D eigenvalue weighted by molar-refractivity contribution is 8.16. The highest BCUT2D eigenvalue weighted by Gasteiger charge is 2.02. The van der Waals surface area contributed by atoms with Crippen LogP contribution in [0.15, 0.2) is 66.1 Å². The lowest BCUT2D eigenvalue weighted by Crippen LogP contribution is -1.89. The fourth-order valence-corrected chi connectivity index (χ4v) is 2.00. The topological polar surface area (TPSA) is 17.1 Å². The molecular formula is C15H12OS. The first-order chi connectivity index (χ1) is 8.36. The Morgan fingerprint density at radius 3 is 2.12 bits per heavy atom. The lowest BCUT2D eigenvalue weighted by molar-refractivity contribution is 0.109. The first-order valence-electron chi connectivity index (χ1n) is 5.34. The van der Waals surface area contributed by atoms with Gasteiger partial charge in [0.15, 0.2) is 0 Å². The Kier molecular flexibility index (Phi) is 4.17. The summed E-state index contributed by atoms with van der Waals surface area (Å²) >= 11 is 1.20. The van der Waals surface area contributed by atoms with Crippen molar-refractivity contribution in [2.75, 3.05) is 0 Å². The van der Waals surface area contributed by atoms with Gasteiger partial charge in [0.1, 0.15) is 0 Å². The van der Waals surface area contributed by atoms with E-state index in [9.17, 15) is 4.79 Å². The summed E-state index contributed by atoms with van der Waals surface area (Å²) in [7, 11) is 0. The molecule has 2 rings (SSSR count). The van der Waals surface area contributed by atoms with Gasteiger partial charge in [-0.05, 0) is 17.0 Å². The van der Waals surface area contributed by atoms with E-state index in [1.807, 2.05) is 72.1 Å². The minimum atomic E-state index is 0.0674. The minimum absolute atomic E-state index is 0.0674. The van der Waals surface area contributed by atoms with Crippen LogP contribution in [0.1, 0.15) is 15.9 Å². The Morgan fingerprint density at radius 1 is 0.882 bits per heavy atom. The van der Waals surface area contributed by atoms with Crippen molar-refractivity contribution in [3.8, 4) is 0 Å². The molecular weight excluding hydrogens is 228 g/mol. The van der Waals surface area contributed by atoms with E-state index in [0.717, 1.165) is 11.1 Å². The van der Waals surface area contributed by atoms with Gasteiger partial charge in [-0.15, -0.1) is 0 Å². The van der Waals surface area contributed by atoms with Gasteiger partial charge in [-0.1, -0.05) is 72.4 Å². The van der Waals surface area contributed by atoms with Crippen LogP contribution in [-0.2, 0) is 0 Å². The van der Waals surface area contributed by atoms with Crippen LogP contribution < -0.4 is 0 Å². The standard InChI is InChI=1S/C15H12OS/c16-15(14-9-5-2-6-10-14)17-12-11-13-7-3-1-4-8-13/h1-12H/b12-11+. The lowest BCUT2D eigenvalue weighted by Gasteiger charge is -1.95. The zero-order chi connectivity index (χ0) is 11.9. The number of benzene rings is 2.